The lowest BCUT2D eigenvalue weighted by Crippen LogP contribution is -2.30. The normalized spacial score (nSPS) is 17.7. The number of amides is 2. The summed E-state index contributed by atoms with van der Waals surface area (Å²) in [6, 6.07) is 11.9. The lowest BCUT2D eigenvalue weighted by atomic mass is 9.98. The predicted octanol–water partition coefficient (Wildman–Crippen LogP) is 3.08. The average molecular weight is 311 g/mol. The topological polar surface area (TPSA) is 54.5 Å². The zero-order chi connectivity index (χ0) is 16.6. The van der Waals surface area contributed by atoms with Crippen molar-refractivity contribution >= 4 is 23.3 Å². The van der Waals surface area contributed by atoms with E-state index in [1.807, 2.05) is 0 Å². The number of halogens is 1. The molecule has 1 fully saturated rings. The fraction of sp³-hybridized carbons (Fsp3) is 0.167. The minimum absolute atomic E-state index is 0.0545. The third-order valence-corrected chi connectivity index (χ3v) is 3.95. The number of Topliss-reactive ketones (excluding diaryl/α,β-unsaturated/α-hetero) is 1. The first kappa shape index (κ1) is 15.1. The Morgan fingerprint density at radius 2 is 1.65 bits per heavy atom. The van der Waals surface area contributed by atoms with E-state index in [4.69, 9.17) is 0 Å². The molecule has 0 unspecified atom stereocenters. The maximum absolute atomic E-state index is 13.0. The molecule has 3 rings (SSSR count). The second-order valence-electron chi connectivity index (χ2n) is 5.48. The highest BCUT2D eigenvalue weighted by molar-refractivity contribution is 6.22. The van der Waals surface area contributed by atoms with Gasteiger partial charge in [0, 0.05) is 12.0 Å². The molecule has 0 saturated carbocycles. The number of nitrogens with zero attached hydrogens (tertiary/aromatic N) is 1. The second-order valence-corrected chi connectivity index (χ2v) is 5.48. The van der Waals surface area contributed by atoms with Gasteiger partial charge in [-0.2, -0.15) is 0 Å². The van der Waals surface area contributed by atoms with Gasteiger partial charge in [0.1, 0.15) is 5.82 Å². The molecular weight excluding hydrogens is 297 g/mol. The molecule has 1 saturated heterocycles. The van der Waals surface area contributed by atoms with Crippen molar-refractivity contribution in [1.29, 1.82) is 0 Å². The molecule has 116 valence electrons. The first-order valence-corrected chi connectivity index (χ1v) is 7.20. The molecule has 5 heteroatoms. The first-order chi connectivity index (χ1) is 11.0. The highest BCUT2D eigenvalue weighted by Crippen LogP contribution is 2.33. The summed E-state index contributed by atoms with van der Waals surface area (Å²) >= 11 is 0. The van der Waals surface area contributed by atoms with Crippen LogP contribution in [-0.4, -0.2) is 17.6 Å². The number of hydrogen-bond acceptors (Lipinski definition) is 3. The standard InChI is InChI=1S/C18H14FNO3/c1-11(21)12-4-8-15(9-5-12)20-17(22)10-16(18(20)23)13-2-6-14(19)7-3-13/h2-9,16H,10H2,1H3/t16-/m1/s1. The highest BCUT2D eigenvalue weighted by Gasteiger charge is 2.40. The van der Waals surface area contributed by atoms with E-state index in [0.717, 1.165) is 4.90 Å². The van der Waals surface area contributed by atoms with Crippen LogP contribution in [0.2, 0.25) is 0 Å². The Kier molecular flexibility index (Phi) is 3.78. The molecule has 0 radical (unpaired) electrons. The molecule has 1 aliphatic rings. The van der Waals surface area contributed by atoms with Crippen LogP contribution >= 0.6 is 0 Å². The van der Waals surface area contributed by atoms with Crippen molar-refractivity contribution in [3.63, 3.8) is 0 Å². The van der Waals surface area contributed by atoms with Gasteiger partial charge < -0.3 is 0 Å². The highest BCUT2D eigenvalue weighted by atomic mass is 19.1. The summed E-state index contributed by atoms with van der Waals surface area (Å²) in [5.41, 5.74) is 1.57. The zero-order valence-electron chi connectivity index (χ0n) is 12.5. The third kappa shape index (κ3) is 2.77. The maximum Gasteiger partial charge on any atom is 0.241 e. The Labute approximate surface area is 132 Å². The van der Waals surface area contributed by atoms with Crippen LogP contribution < -0.4 is 4.90 Å². The monoisotopic (exact) mass is 311 g/mol. The largest absolute Gasteiger partial charge is 0.295 e. The summed E-state index contributed by atoms with van der Waals surface area (Å²) in [4.78, 5) is 37.2. The molecule has 0 aromatic heterocycles. The van der Waals surface area contributed by atoms with Gasteiger partial charge in [0.25, 0.3) is 0 Å². The van der Waals surface area contributed by atoms with Gasteiger partial charge in [-0.05, 0) is 48.9 Å². The van der Waals surface area contributed by atoms with Crippen LogP contribution in [-0.2, 0) is 9.59 Å². The molecule has 0 spiro atoms. The van der Waals surface area contributed by atoms with E-state index < -0.39 is 5.92 Å². The van der Waals surface area contributed by atoms with Crippen molar-refractivity contribution in [3.8, 4) is 0 Å². The summed E-state index contributed by atoms with van der Waals surface area (Å²) < 4.78 is 13.0. The fourth-order valence-electron chi connectivity index (χ4n) is 2.70. The molecule has 1 heterocycles. The summed E-state index contributed by atoms with van der Waals surface area (Å²) in [5, 5.41) is 0. The van der Waals surface area contributed by atoms with Crippen molar-refractivity contribution in [2.75, 3.05) is 4.90 Å². The van der Waals surface area contributed by atoms with E-state index in [1.54, 1.807) is 24.3 Å². The van der Waals surface area contributed by atoms with Crippen molar-refractivity contribution in [3.05, 3.63) is 65.5 Å². The number of ketones is 1. The van der Waals surface area contributed by atoms with Gasteiger partial charge in [-0.15, -0.1) is 0 Å². The van der Waals surface area contributed by atoms with Gasteiger partial charge in [0.15, 0.2) is 5.78 Å². The number of rotatable bonds is 3. The van der Waals surface area contributed by atoms with Crippen LogP contribution in [0.4, 0.5) is 10.1 Å². The quantitative estimate of drug-likeness (QED) is 0.646. The Balaban J connectivity index is 1.89. The molecule has 2 aromatic rings. The lowest BCUT2D eigenvalue weighted by Gasteiger charge is -2.15. The van der Waals surface area contributed by atoms with Gasteiger partial charge in [0.2, 0.25) is 11.8 Å². The third-order valence-electron chi connectivity index (χ3n) is 3.95. The van der Waals surface area contributed by atoms with Crippen LogP contribution in [0.1, 0.15) is 35.2 Å². The fourth-order valence-corrected chi connectivity index (χ4v) is 2.70. The smallest absolute Gasteiger partial charge is 0.241 e. The lowest BCUT2D eigenvalue weighted by molar-refractivity contribution is -0.121. The Morgan fingerprint density at radius 3 is 2.22 bits per heavy atom. The van der Waals surface area contributed by atoms with E-state index in [2.05, 4.69) is 0 Å². The van der Waals surface area contributed by atoms with E-state index in [9.17, 15) is 18.8 Å². The Morgan fingerprint density at radius 1 is 1.04 bits per heavy atom. The molecule has 1 atom stereocenters. The van der Waals surface area contributed by atoms with Crippen molar-refractivity contribution in [2.24, 2.45) is 0 Å². The van der Waals surface area contributed by atoms with Gasteiger partial charge in [-0.1, -0.05) is 12.1 Å². The maximum atomic E-state index is 13.0. The van der Waals surface area contributed by atoms with Crippen LogP contribution in [0, 0.1) is 5.82 Å². The van der Waals surface area contributed by atoms with Crippen LogP contribution in [0.3, 0.4) is 0 Å². The van der Waals surface area contributed by atoms with Crippen LogP contribution in [0.5, 0.6) is 0 Å². The minimum atomic E-state index is -0.601. The summed E-state index contributed by atoms with van der Waals surface area (Å²) in [6.07, 6.45) is 0.0545. The molecule has 2 aromatic carbocycles. The molecule has 23 heavy (non-hydrogen) atoms. The zero-order valence-corrected chi connectivity index (χ0v) is 12.5. The number of benzene rings is 2. The molecule has 0 aliphatic carbocycles. The average Bonchev–Trinajstić information content (AvgIpc) is 2.83. The van der Waals surface area contributed by atoms with Crippen LogP contribution in [0.25, 0.3) is 0 Å². The number of hydrogen-bond donors (Lipinski definition) is 0. The Hall–Kier alpha value is -2.82. The number of carbonyl (C=O) groups excluding carboxylic acids is 3. The van der Waals surface area contributed by atoms with Gasteiger partial charge >= 0.3 is 0 Å². The summed E-state index contributed by atoms with van der Waals surface area (Å²) in [5.74, 6) is -1.71. The summed E-state index contributed by atoms with van der Waals surface area (Å²) in [7, 11) is 0. The molecule has 2 amide bonds. The van der Waals surface area contributed by atoms with Gasteiger partial charge in [0.05, 0.1) is 11.6 Å². The van der Waals surface area contributed by atoms with Crippen molar-refractivity contribution in [1.82, 2.24) is 0 Å². The Bertz CT molecular complexity index is 781. The SMILES string of the molecule is CC(=O)c1ccc(N2C(=O)C[C@H](c3ccc(F)cc3)C2=O)cc1. The van der Waals surface area contributed by atoms with E-state index >= 15 is 0 Å². The van der Waals surface area contributed by atoms with E-state index in [-0.39, 0.29) is 29.8 Å². The predicted molar refractivity (Wildman–Crippen MR) is 82.7 cm³/mol. The van der Waals surface area contributed by atoms with Crippen molar-refractivity contribution in [2.45, 2.75) is 19.3 Å². The minimum Gasteiger partial charge on any atom is -0.295 e. The second kappa shape index (κ2) is 5.76. The number of imide groups is 1. The van der Waals surface area contributed by atoms with Crippen molar-refractivity contribution < 1.29 is 18.8 Å². The molecule has 0 N–H and O–H groups in total. The van der Waals surface area contributed by atoms with Crippen LogP contribution in [0.15, 0.2) is 48.5 Å². The number of carbonyl (C=O) groups is 3. The number of anilines is 1. The first-order valence-electron chi connectivity index (χ1n) is 7.20. The summed E-state index contributed by atoms with van der Waals surface area (Å²) in [6.45, 7) is 1.45. The molecular formula is C18H14FNO3. The van der Waals surface area contributed by atoms with E-state index in [1.165, 1.54) is 31.2 Å². The molecule has 1 aliphatic heterocycles. The van der Waals surface area contributed by atoms with Gasteiger partial charge in [-0.25, -0.2) is 4.39 Å². The van der Waals surface area contributed by atoms with E-state index in [0.29, 0.717) is 16.8 Å². The molecule has 4 nitrogen and oxygen atoms in total. The van der Waals surface area contributed by atoms with Gasteiger partial charge in [-0.3, -0.25) is 19.3 Å². The molecule has 0 bridgehead atoms.